The number of hydrogen-bond donors (Lipinski definition) is 0. The molecule has 0 aliphatic carbocycles. The fraction of sp³-hybridized carbons (Fsp3) is 0.0488. The van der Waals surface area contributed by atoms with E-state index < -0.39 is 0 Å². The molecule has 4 nitrogen and oxygen atoms in total. The van der Waals surface area contributed by atoms with Crippen molar-refractivity contribution >= 4 is 21.8 Å². The molecule has 4 heteroatoms. The van der Waals surface area contributed by atoms with Gasteiger partial charge in [0.25, 0.3) is 0 Å². The molecular formula is C41H34N4. The first kappa shape index (κ1) is 29.2. The number of aromatic nitrogens is 4. The summed E-state index contributed by atoms with van der Waals surface area (Å²) in [6, 6.07) is 54.5. The van der Waals surface area contributed by atoms with Gasteiger partial charge in [0.2, 0.25) is 5.95 Å². The molecule has 0 aliphatic heterocycles. The molecule has 0 unspecified atom stereocenters. The van der Waals surface area contributed by atoms with Crippen molar-refractivity contribution < 1.29 is 0 Å². The van der Waals surface area contributed by atoms with Crippen LogP contribution >= 0.6 is 0 Å². The Labute approximate surface area is 264 Å². The maximum atomic E-state index is 5.10. The second-order valence-electron chi connectivity index (χ2n) is 10.5. The summed E-state index contributed by atoms with van der Waals surface area (Å²) in [7, 11) is 0. The predicted octanol–water partition coefficient (Wildman–Crippen LogP) is 10.9. The Morgan fingerprint density at radius 1 is 0.356 bits per heavy atom. The van der Waals surface area contributed by atoms with Gasteiger partial charge in [-0.25, -0.2) is 4.98 Å². The number of para-hydroxylation sites is 2. The van der Waals surface area contributed by atoms with Crippen LogP contribution in [0.15, 0.2) is 158 Å². The standard InChI is InChI=1S/C39H26N4.2CH4/c1-4-13-27(14-5-1)28-23-25-29(26-24-28)32-20-12-21-34-33-19-10-11-22-35(33)43(36(32)34)39-41-37(30-15-6-2-7-16-30)40-38(42-39)31-17-8-3-9-18-31;;/h1-26H;2*1H4. The third-order valence-corrected chi connectivity index (χ3v) is 7.89. The van der Waals surface area contributed by atoms with Gasteiger partial charge < -0.3 is 0 Å². The van der Waals surface area contributed by atoms with Gasteiger partial charge in [-0.3, -0.25) is 4.57 Å². The zero-order chi connectivity index (χ0) is 28.6. The molecule has 2 aromatic heterocycles. The Morgan fingerprint density at radius 2 is 0.822 bits per heavy atom. The molecule has 2 heterocycles. The minimum absolute atomic E-state index is 0. The summed E-state index contributed by atoms with van der Waals surface area (Å²) in [6.45, 7) is 0. The van der Waals surface area contributed by atoms with E-state index in [1.807, 2.05) is 66.7 Å². The number of rotatable bonds is 5. The van der Waals surface area contributed by atoms with E-state index in [-0.39, 0.29) is 14.9 Å². The molecule has 0 N–H and O–H groups in total. The van der Waals surface area contributed by atoms with E-state index in [2.05, 4.69) is 95.6 Å². The van der Waals surface area contributed by atoms with E-state index in [1.165, 1.54) is 11.1 Å². The van der Waals surface area contributed by atoms with Crippen LogP contribution in [0.4, 0.5) is 0 Å². The molecule has 6 aromatic carbocycles. The molecule has 0 aliphatic rings. The van der Waals surface area contributed by atoms with Gasteiger partial charge >= 0.3 is 0 Å². The van der Waals surface area contributed by atoms with E-state index in [9.17, 15) is 0 Å². The molecule has 0 saturated heterocycles. The molecular weight excluding hydrogens is 548 g/mol. The Kier molecular flexibility index (Phi) is 8.04. The summed E-state index contributed by atoms with van der Waals surface area (Å²) in [5.74, 6) is 1.87. The van der Waals surface area contributed by atoms with Crippen molar-refractivity contribution in [1.82, 2.24) is 19.5 Å². The summed E-state index contributed by atoms with van der Waals surface area (Å²) in [4.78, 5) is 15.1. The topological polar surface area (TPSA) is 43.6 Å². The van der Waals surface area contributed by atoms with Gasteiger partial charge in [0, 0.05) is 27.5 Å². The van der Waals surface area contributed by atoms with Gasteiger partial charge in [-0.05, 0) is 22.8 Å². The Hall–Kier alpha value is -5.87. The number of hydrogen-bond acceptors (Lipinski definition) is 3. The maximum Gasteiger partial charge on any atom is 0.238 e. The summed E-state index contributed by atoms with van der Waals surface area (Å²) < 4.78 is 2.20. The van der Waals surface area contributed by atoms with Crippen LogP contribution in [0, 0.1) is 0 Å². The second-order valence-corrected chi connectivity index (χ2v) is 10.5. The normalized spacial score (nSPS) is 10.8. The lowest BCUT2D eigenvalue weighted by Gasteiger charge is -2.13. The maximum absolute atomic E-state index is 5.10. The molecule has 0 atom stereocenters. The number of fused-ring (bicyclic) bond motifs is 3. The van der Waals surface area contributed by atoms with E-state index in [0.717, 1.165) is 44.1 Å². The van der Waals surface area contributed by atoms with Gasteiger partial charge in [-0.1, -0.05) is 167 Å². The van der Waals surface area contributed by atoms with Crippen molar-refractivity contribution in [2.75, 3.05) is 0 Å². The smallest absolute Gasteiger partial charge is 0.238 e. The van der Waals surface area contributed by atoms with Crippen molar-refractivity contribution in [2.45, 2.75) is 14.9 Å². The van der Waals surface area contributed by atoms with E-state index >= 15 is 0 Å². The molecule has 8 rings (SSSR count). The molecule has 0 saturated carbocycles. The second kappa shape index (κ2) is 12.4. The van der Waals surface area contributed by atoms with E-state index in [1.54, 1.807) is 0 Å². The van der Waals surface area contributed by atoms with E-state index in [4.69, 9.17) is 15.0 Å². The molecule has 0 amide bonds. The molecule has 218 valence electrons. The van der Waals surface area contributed by atoms with Crippen LogP contribution in [0.1, 0.15) is 14.9 Å². The largest absolute Gasteiger partial charge is 0.277 e. The predicted molar refractivity (Wildman–Crippen MR) is 189 cm³/mol. The number of benzene rings is 6. The molecule has 0 radical (unpaired) electrons. The lowest BCUT2D eigenvalue weighted by atomic mass is 9.98. The average molecular weight is 583 g/mol. The Bertz CT molecular complexity index is 2150. The highest BCUT2D eigenvalue weighted by Crippen LogP contribution is 2.38. The van der Waals surface area contributed by atoms with Gasteiger partial charge in [0.15, 0.2) is 11.6 Å². The van der Waals surface area contributed by atoms with Crippen LogP contribution in [0.5, 0.6) is 0 Å². The highest BCUT2D eigenvalue weighted by Gasteiger charge is 2.20. The van der Waals surface area contributed by atoms with Gasteiger partial charge in [-0.2, -0.15) is 9.97 Å². The third kappa shape index (κ3) is 5.28. The van der Waals surface area contributed by atoms with Crippen molar-refractivity contribution in [3.63, 3.8) is 0 Å². The van der Waals surface area contributed by atoms with Crippen molar-refractivity contribution in [3.05, 3.63) is 158 Å². The minimum Gasteiger partial charge on any atom is -0.277 e. The van der Waals surface area contributed by atoms with Crippen LogP contribution in [0.3, 0.4) is 0 Å². The minimum atomic E-state index is 0. The van der Waals surface area contributed by atoms with Gasteiger partial charge in [0.1, 0.15) is 0 Å². The monoisotopic (exact) mass is 582 g/mol. The third-order valence-electron chi connectivity index (χ3n) is 7.89. The Morgan fingerprint density at radius 3 is 1.42 bits per heavy atom. The van der Waals surface area contributed by atoms with Crippen LogP contribution in [-0.2, 0) is 0 Å². The molecule has 0 fully saturated rings. The molecule has 8 aromatic rings. The van der Waals surface area contributed by atoms with Gasteiger partial charge in [0.05, 0.1) is 11.0 Å². The number of nitrogens with zero attached hydrogens (tertiary/aromatic N) is 4. The van der Waals surface area contributed by atoms with Crippen LogP contribution in [-0.4, -0.2) is 19.5 Å². The fourth-order valence-corrected chi connectivity index (χ4v) is 5.83. The van der Waals surface area contributed by atoms with Crippen molar-refractivity contribution in [1.29, 1.82) is 0 Å². The highest BCUT2D eigenvalue weighted by atomic mass is 15.2. The van der Waals surface area contributed by atoms with Gasteiger partial charge in [-0.15, -0.1) is 0 Å². The first-order valence-corrected chi connectivity index (χ1v) is 14.4. The summed E-state index contributed by atoms with van der Waals surface area (Å²) in [5.41, 5.74) is 8.66. The first-order chi connectivity index (χ1) is 21.3. The first-order valence-electron chi connectivity index (χ1n) is 14.4. The SMILES string of the molecule is C.C.c1ccc(-c2ccc(-c3cccc4c5ccccc5n(-c5nc(-c6ccccc6)nc(-c6ccccc6)n5)c34)cc2)cc1. The molecule has 0 bridgehead atoms. The Balaban J connectivity index is 0.00000179. The van der Waals surface area contributed by atoms with Crippen LogP contribution in [0.2, 0.25) is 0 Å². The quantitative estimate of drug-likeness (QED) is 0.203. The van der Waals surface area contributed by atoms with Crippen LogP contribution in [0.25, 0.3) is 72.8 Å². The summed E-state index contributed by atoms with van der Waals surface area (Å²) in [6.07, 6.45) is 0. The van der Waals surface area contributed by atoms with Crippen LogP contribution < -0.4 is 0 Å². The van der Waals surface area contributed by atoms with Crippen molar-refractivity contribution in [2.24, 2.45) is 0 Å². The molecule has 0 spiro atoms. The lowest BCUT2D eigenvalue weighted by molar-refractivity contribution is 0.954. The average Bonchev–Trinajstić information content (AvgIpc) is 3.44. The summed E-state index contributed by atoms with van der Waals surface area (Å²) >= 11 is 0. The fourth-order valence-electron chi connectivity index (χ4n) is 5.83. The zero-order valence-corrected chi connectivity index (χ0v) is 23.3. The lowest BCUT2D eigenvalue weighted by Crippen LogP contribution is -2.06. The molecule has 45 heavy (non-hydrogen) atoms. The highest BCUT2D eigenvalue weighted by molar-refractivity contribution is 6.13. The van der Waals surface area contributed by atoms with E-state index in [0.29, 0.717) is 17.6 Å². The summed E-state index contributed by atoms with van der Waals surface area (Å²) in [5, 5.41) is 2.31. The zero-order valence-electron chi connectivity index (χ0n) is 23.3. The van der Waals surface area contributed by atoms with Crippen molar-refractivity contribution in [3.8, 4) is 51.0 Å².